The van der Waals surface area contributed by atoms with Crippen LogP contribution in [0.1, 0.15) is 47.3 Å². The number of hydrogen-bond donors (Lipinski definition) is 4. The van der Waals surface area contributed by atoms with Crippen LogP contribution in [0.4, 0.5) is 17.3 Å². The zero-order valence-corrected chi connectivity index (χ0v) is 17.4. The Bertz CT molecular complexity index is 959. The second kappa shape index (κ2) is 9.39. The molecule has 1 aliphatic rings. The van der Waals surface area contributed by atoms with Gasteiger partial charge >= 0.3 is 0 Å². The molecule has 2 atom stereocenters. The molecule has 5 N–H and O–H groups in total. The molecule has 8 heteroatoms. The van der Waals surface area contributed by atoms with Crippen molar-refractivity contribution in [2.75, 3.05) is 10.6 Å². The third-order valence-electron chi connectivity index (χ3n) is 5.33. The van der Waals surface area contributed by atoms with Gasteiger partial charge in [0.05, 0.1) is 6.20 Å². The first-order valence-electron chi connectivity index (χ1n) is 10.1. The van der Waals surface area contributed by atoms with E-state index in [1.54, 1.807) is 0 Å². The van der Waals surface area contributed by atoms with Crippen LogP contribution in [0.3, 0.4) is 0 Å². The summed E-state index contributed by atoms with van der Waals surface area (Å²) in [6.07, 6.45) is 6.45. The Morgan fingerprint density at radius 1 is 1.20 bits per heavy atom. The van der Waals surface area contributed by atoms with Crippen LogP contribution in [0, 0.1) is 13.8 Å². The summed E-state index contributed by atoms with van der Waals surface area (Å²) in [4.78, 5) is 32.2. The summed E-state index contributed by atoms with van der Waals surface area (Å²) in [6, 6.07) is 6.13. The Labute approximate surface area is 176 Å². The molecule has 0 bridgehead atoms. The lowest BCUT2D eigenvalue weighted by molar-refractivity contribution is -0.117. The molecule has 0 radical (unpaired) electrons. The summed E-state index contributed by atoms with van der Waals surface area (Å²) in [5.41, 5.74) is 8.67. The average Bonchev–Trinajstić information content (AvgIpc) is 2.71. The lowest BCUT2D eigenvalue weighted by atomic mass is 9.91. The highest BCUT2D eigenvalue weighted by atomic mass is 16.2. The minimum absolute atomic E-state index is 0.0820. The molecule has 0 saturated heterocycles. The molecule has 1 aromatic heterocycles. The van der Waals surface area contributed by atoms with Crippen molar-refractivity contribution in [1.29, 1.82) is 0 Å². The summed E-state index contributed by atoms with van der Waals surface area (Å²) in [5.74, 6) is 0.0477. The van der Waals surface area contributed by atoms with Gasteiger partial charge in [-0.2, -0.15) is 0 Å². The van der Waals surface area contributed by atoms with Gasteiger partial charge in [-0.15, -0.1) is 0 Å². The maximum atomic E-state index is 11.8. The van der Waals surface area contributed by atoms with Gasteiger partial charge in [0.15, 0.2) is 11.5 Å². The standard InChI is InChI=1S/C22H28N6O2/c1-4-19(29)26-16-7-5-6-15(11-16)25-18-12-24-20(21(23)30)22(28-18)27-17-9-8-13(2)14(3)10-17/h4,8-10,12,15-16H,1,5-7,11H2,2-3H3,(H2,23,30)(H,26,29)(H2,25,27,28)/t15-,16?/m1/s1. The number of aromatic nitrogens is 2. The van der Waals surface area contributed by atoms with Crippen LogP contribution in [-0.4, -0.2) is 33.9 Å². The minimum atomic E-state index is -0.648. The number of anilines is 3. The number of nitrogens with two attached hydrogens (primary N) is 1. The average molecular weight is 409 g/mol. The summed E-state index contributed by atoms with van der Waals surface area (Å²) in [6.45, 7) is 7.55. The molecule has 1 fully saturated rings. The number of carbonyl (C=O) groups is 2. The van der Waals surface area contributed by atoms with Crippen LogP contribution in [0.25, 0.3) is 0 Å². The molecule has 1 unspecified atom stereocenters. The molecule has 30 heavy (non-hydrogen) atoms. The van der Waals surface area contributed by atoms with Crippen molar-refractivity contribution >= 4 is 29.1 Å². The molecule has 2 amide bonds. The number of carbonyl (C=O) groups excluding carboxylic acids is 2. The number of hydrogen-bond acceptors (Lipinski definition) is 6. The Hall–Kier alpha value is -3.42. The second-order valence-electron chi connectivity index (χ2n) is 7.66. The highest BCUT2D eigenvalue weighted by molar-refractivity contribution is 5.96. The van der Waals surface area contributed by atoms with Crippen molar-refractivity contribution in [3.05, 3.63) is 53.9 Å². The fourth-order valence-electron chi connectivity index (χ4n) is 3.60. The van der Waals surface area contributed by atoms with Gasteiger partial charge in [-0.25, -0.2) is 9.97 Å². The van der Waals surface area contributed by atoms with Crippen molar-refractivity contribution in [2.45, 2.75) is 51.6 Å². The molecule has 1 aromatic carbocycles. The van der Waals surface area contributed by atoms with Crippen molar-refractivity contribution in [3.8, 4) is 0 Å². The summed E-state index contributed by atoms with van der Waals surface area (Å²) in [7, 11) is 0. The maximum Gasteiger partial charge on any atom is 0.271 e. The molecule has 3 rings (SSSR count). The van der Waals surface area contributed by atoms with E-state index in [0.717, 1.165) is 36.9 Å². The van der Waals surface area contributed by atoms with Crippen molar-refractivity contribution in [3.63, 3.8) is 0 Å². The van der Waals surface area contributed by atoms with E-state index in [-0.39, 0.29) is 23.7 Å². The number of benzene rings is 1. The SMILES string of the molecule is C=CC(=O)NC1CCC[C@@H](Nc2cnc(C(N)=O)c(Nc3ccc(C)c(C)c3)n2)C1. The predicted molar refractivity (Wildman–Crippen MR) is 118 cm³/mol. The van der Waals surface area contributed by atoms with Gasteiger partial charge in [0, 0.05) is 17.8 Å². The van der Waals surface area contributed by atoms with Gasteiger partial charge in [0.25, 0.3) is 5.91 Å². The van der Waals surface area contributed by atoms with E-state index in [2.05, 4.69) is 32.5 Å². The lowest BCUT2D eigenvalue weighted by Crippen LogP contribution is -2.41. The molecule has 0 spiro atoms. The Balaban J connectivity index is 1.76. The molecular formula is C22H28N6O2. The first-order valence-corrected chi connectivity index (χ1v) is 10.1. The molecule has 158 valence electrons. The number of amides is 2. The summed E-state index contributed by atoms with van der Waals surface area (Å²) >= 11 is 0. The van der Waals surface area contributed by atoms with E-state index >= 15 is 0 Å². The highest BCUT2D eigenvalue weighted by Gasteiger charge is 2.23. The number of nitrogens with one attached hydrogen (secondary N) is 3. The zero-order chi connectivity index (χ0) is 21.7. The van der Waals surface area contributed by atoms with Gasteiger partial charge in [0.1, 0.15) is 5.82 Å². The van der Waals surface area contributed by atoms with E-state index in [0.29, 0.717) is 11.6 Å². The Morgan fingerprint density at radius 3 is 2.67 bits per heavy atom. The summed E-state index contributed by atoms with van der Waals surface area (Å²) < 4.78 is 0. The number of rotatable bonds is 7. The maximum absolute atomic E-state index is 11.8. The molecule has 2 aromatic rings. The predicted octanol–water partition coefficient (Wildman–Crippen LogP) is 2.96. The fraction of sp³-hybridized carbons (Fsp3) is 0.364. The van der Waals surface area contributed by atoms with E-state index in [4.69, 9.17) is 5.73 Å². The van der Waals surface area contributed by atoms with E-state index in [1.807, 2.05) is 32.0 Å². The Kier molecular flexibility index (Phi) is 6.66. The normalized spacial score (nSPS) is 18.3. The topological polar surface area (TPSA) is 122 Å². The lowest BCUT2D eigenvalue weighted by Gasteiger charge is -2.30. The number of primary amides is 1. The van der Waals surface area contributed by atoms with Crippen LogP contribution in [0.5, 0.6) is 0 Å². The molecule has 1 saturated carbocycles. The van der Waals surface area contributed by atoms with E-state index < -0.39 is 5.91 Å². The van der Waals surface area contributed by atoms with Crippen molar-refractivity contribution < 1.29 is 9.59 Å². The van der Waals surface area contributed by atoms with Crippen LogP contribution < -0.4 is 21.7 Å². The highest BCUT2D eigenvalue weighted by Crippen LogP contribution is 2.24. The van der Waals surface area contributed by atoms with Crippen LogP contribution in [-0.2, 0) is 4.79 Å². The molecule has 1 aliphatic carbocycles. The quantitative estimate of drug-likeness (QED) is 0.523. The van der Waals surface area contributed by atoms with Crippen molar-refractivity contribution in [2.24, 2.45) is 5.73 Å². The first kappa shape index (κ1) is 21.3. The third-order valence-corrected chi connectivity index (χ3v) is 5.33. The largest absolute Gasteiger partial charge is 0.366 e. The minimum Gasteiger partial charge on any atom is -0.366 e. The number of nitrogens with zero attached hydrogens (tertiary/aromatic N) is 2. The molecular weight excluding hydrogens is 380 g/mol. The van der Waals surface area contributed by atoms with Crippen LogP contribution >= 0.6 is 0 Å². The van der Waals surface area contributed by atoms with Gasteiger partial charge in [-0.1, -0.05) is 12.6 Å². The third kappa shape index (κ3) is 5.34. The summed E-state index contributed by atoms with van der Waals surface area (Å²) in [5, 5.41) is 9.49. The zero-order valence-electron chi connectivity index (χ0n) is 17.4. The van der Waals surface area contributed by atoms with Gasteiger partial charge in [-0.3, -0.25) is 9.59 Å². The second-order valence-corrected chi connectivity index (χ2v) is 7.66. The van der Waals surface area contributed by atoms with E-state index in [1.165, 1.54) is 17.8 Å². The molecule has 1 heterocycles. The molecule has 0 aliphatic heterocycles. The smallest absolute Gasteiger partial charge is 0.271 e. The number of aryl methyl sites for hydroxylation is 2. The van der Waals surface area contributed by atoms with E-state index in [9.17, 15) is 9.59 Å². The fourth-order valence-corrected chi connectivity index (χ4v) is 3.60. The van der Waals surface area contributed by atoms with Gasteiger partial charge < -0.3 is 21.7 Å². The van der Waals surface area contributed by atoms with Crippen molar-refractivity contribution in [1.82, 2.24) is 15.3 Å². The molecule has 8 nitrogen and oxygen atoms in total. The Morgan fingerprint density at radius 2 is 1.97 bits per heavy atom. The first-order chi connectivity index (χ1) is 14.4. The van der Waals surface area contributed by atoms with Crippen LogP contribution in [0.15, 0.2) is 37.1 Å². The van der Waals surface area contributed by atoms with Gasteiger partial charge in [0.2, 0.25) is 5.91 Å². The van der Waals surface area contributed by atoms with Crippen LogP contribution in [0.2, 0.25) is 0 Å². The van der Waals surface area contributed by atoms with Gasteiger partial charge in [-0.05, 0) is 68.9 Å². The monoisotopic (exact) mass is 408 g/mol.